The Balaban J connectivity index is 1.41. The number of hydrogen-bond donors (Lipinski definition) is 1. The summed E-state index contributed by atoms with van der Waals surface area (Å²) in [6, 6.07) is 9.75. The number of hydrogen-bond acceptors (Lipinski definition) is 4. The van der Waals surface area contributed by atoms with Gasteiger partial charge in [-0.15, -0.1) is 0 Å². The van der Waals surface area contributed by atoms with Crippen LogP contribution < -0.4 is 5.32 Å². The molecule has 2 amide bonds. The van der Waals surface area contributed by atoms with E-state index in [-0.39, 0.29) is 17.7 Å². The average molecular weight is 366 g/mol. The van der Waals surface area contributed by atoms with Crippen molar-refractivity contribution >= 4 is 11.8 Å². The molecule has 0 unspecified atom stereocenters. The van der Waals surface area contributed by atoms with Gasteiger partial charge in [0.2, 0.25) is 11.8 Å². The smallest absolute Gasteiger partial charge is 0.224 e. The van der Waals surface area contributed by atoms with E-state index in [1.807, 2.05) is 36.5 Å². The van der Waals surface area contributed by atoms with Crippen LogP contribution in [-0.2, 0) is 22.4 Å². The highest BCUT2D eigenvalue weighted by Gasteiger charge is 2.29. The minimum Gasteiger partial charge on any atom is -0.356 e. The summed E-state index contributed by atoms with van der Waals surface area (Å²) in [6.07, 6.45) is 8.94. The first-order valence-corrected chi connectivity index (χ1v) is 9.56. The van der Waals surface area contributed by atoms with Crippen LogP contribution in [0.4, 0.5) is 0 Å². The van der Waals surface area contributed by atoms with E-state index in [1.54, 1.807) is 17.3 Å². The summed E-state index contributed by atoms with van der Waals surface area (Å²) in [5.74, 6) is 0.0629. The van der Waals surface area contributed by atoms with Crippen molar-refractivity contribution in [2.75, 3.05) is 19.6 Å². The summed E-state index contributed by atoms with van der Waals surface area (Å²) in [4.78, 5) is 34.8. The van der Waals surface area contributed by atoms with Crippen molar-refractivity contribution in [3.8, 4) is 0 Å². The Morgan fingerprint density at radius 2 is 2.11 bits per heavy atom. The number of amides is 2. The molecule has 3 heterocycles. The number of likely N-dealkylation sites (tertiary alicyclic amines) is 1. The Hall–Kier alpha value is -2.76. The van der Waals surface area contributed by atoms with Crippen LogP contribution in [0.25, 0.3) is 0 Å². The fourth-order valence-corrected chi connectivity index (χ4v) is 3.33. The lowest BCUT2D eigenvalue weighted by Crippen LogP contribution is -2.46. The van der Waals surface area contributed by atoms with Crippen LogP contribution in [0.3, 0.4) is 0 Å². The topological polar surface area (TPSA) is 75.2 Å². The second kappa shape index (κ2) is 9.80. The molecule has 0 bridgehead atoms. The number of aryl methyl sites for hydroxylation is 1. The highest BCUT2D eigenvalue weighted by Crippen LogP contribution is 2.18. The fourth-order valence-electron chi connectivity index (χ4n) is 3.33. The standard InChI is InChI=1S/C21H26N4O2/c26-20-9-8-18(16-25(20)14-10-19-7-1-2-12-23-19)21(27)24-13-4-6-17-5-3-11-22-15-17/h1-3,5,7,11-12,15,18H,4,6,8-10,13-14,16H2,(H,24,27)/t18-/m0/s1. The molecule has 27 heavy (non-hydrogen) atoms. The van der Waals surface area contributed by atoms with E-state index >= 15 is 0 Å². The molecule has 6 nitrogen and oxygen atoms in total. The first kappa shape index (κ1) is 19.0. The zero-order chi connectivity index (χ0) is 18.9. The Bertz CT molecular complexity index is 736. The molecule has 1 aliphatic heterocycles. The number of pyridine rings is 2. The summed E-state index contributed by atoms with van der Waals surface area (Å²) in [5, 5.41) is 3.02. The van der Waals surface area contributed by atoms with Gasteiger partial charge in [-0.05, 0) is 43.0 Å². The minimum absolute atomic E-state index is 0.0523. The maximum Gasteiger partial charge on any atom is 0.224 e. The van der Waals surface area contributed by atoms with Crippen LogP contribution in [0, 0.1) is 5.92 Å². The second-order valence-corrected chi connectivity index (χ2v) is 6.90. The van der Waals surface area contributed by atoms with Crippen LogP contribution >= 0.6 is 0 Å². The molecule has 2 aromatic rings. The fraction of sp³-hybridized carbons (Fsp3) is 0.429. The zero-order valence-electron chi connectivity index (χ0n) is 15.5. The number of rotatable bonds is 8. The molecule has 0 aliphatic carbocycles. The number of aromatic nitrogens is 2. The second-order valence-electron chi connectivity index (χ2n) is 6.90. The van der Waals surface area contributed by atoms with Gasteiger partial charge in [0.05, 0.1) is 5.92 Å². The van der Waals surface area contributed by atoms with Crippen molar-refractivity contribution in [2.24, 2.45) is 5.92 Å². The molecular weight excluding hydrogens is 340 g/mol. The van der Waals surface area contributed by atoms with E-state index in [4.69, 9.17) is 0 Å². The number of carbonyl (C=O) groups is 2. The highest BCUT2D eigenvalue weighted by molar-refractivity contribution is 5.83. The summed E-state index contributed by atoms with van der Waals surface area (Å²) in [7, 11) is 0. The molecule has 3 rings (SSSR count). The molecule has 142 valence electrons. The number of piperidine rings is 1. The van der Waals surface area contributed by atoms with Crippen molar-refractivity contribution in [3.05, 3.63) is 60.2 Å². The number of nitrogens with one attached hydrogen (secondary N) is 1. The summed E-state index contributed by atoms with van der Waals surface area (Å²) >= 11 is 0. The third-order valence-corrected chi connectivity index (χ3v) is 4.90. The Kier molecular flexibility index (Phi) is 6.90. The summed E-state index contributed by atoms with van der Waals surface area (Å²) in [5.41, 5.74) is 2.14. The van der Waals surface area contributed by atoms with Crippen molar-refractivity contribution < 1.29 is 9.59 Å². The third kappa shape index (κ3) is 5.88. The molecule has 0 saturated carbocycles. The van der Waals surface area contributed by atoms with Gasteiger partial charge in [0.25, 0.3) is 0 Å². The number of nitrogens with zero attached hydrogens (tertiary/aromatic N) is 3. The SMILES string of the molecule is O=C(NCCCc1cccnc1)[C@H]1CCC(=O)N(CCc2ccccn2)C1. The molecular formula is C21H26N4O2. The van der Waals surface area contributed by atoms with Crippen LogP contribution in [-0.4, -0.2) is 46.3 Å². The van der Waals surface area contributed by atoms with E-state index in [0.29, 0.717) is 38.9 Å². The van der Waals surface area contributed by atoms with E-state index < -0.39 is 0 Å². The molecule has 0 radical (unpaired) electrons. The maximum atomic E-state index is 12.5. The lowest BCUT2D eigenvalue weighted by Gasteiger charge is -2.32. The Labute approximate surface area is 160 Å². The quantitative estimate of drug-likeness (QED) is 0.725. The number of carbonyl (C=O) groups excluding carboxylic acids is 2. The van der Waals surface area contributed by atoms with Gasteiger partial charge in [0, 0.05) is 56.8 Å². The highest BCUT2D eigenvalue weighted by atomic mass is 16.2. The lowest BCUT2D eigenvalue weighted by molar-refractivity contribution is -0.138. The van der Waals surface area contributed by atoms with E-state index in [9.17, 15) is 9.59 Å². The van der Waals surface area contributed by atoms with Crippen LogP contribution in [0.5, 0.6) is 0 Å². The van der Waals surface area contributed by atoms with Crippen molar-refractivity contribution in [1.29, 1.82) is 0 Å². The van der Waals surface area contributed by atoms with E-state index in [0.717, 1.165) is 18.5 Å². The minimum atomic E-state index is -0.121. The maximum absolute atomic E-state index is 12.5. The van der Waals surface area contributed by atoms with Gasteiger partial charge >= 0.3 is 0 Å². The monoisotopic (exact) mass is 366 g/mol. The predicted octanol–water partition coefficient (Wildman–Crippen LogP) is 2.01. The van der Waals surface area contributed by atoms with Crippen molar-refractivity contribution in [2.45, 2.75) is 32.1 Å². The molecule has 1 N–H and O–H groups in total. The summed E-state index contributed by atoms with van der Waals surface area (Å²) in [6.45, 7) is 1.76. The van der Waals surface area contributed by atoms with Crippen LogP contribution in [0.15, 0.2) is 48.9 Å². The lowest BCUT2D eigenvalue weighted by atomic mass is 9.96. The predicted molar refractivity (Wildman–Crippen MR) is 103 cm³/mol. The van der Waals surface area contributed by atoms with Crippen molar-refractivity contribution in [1.82, 2.24) is 20.2 Å². The van der Waals surface area contributed by atoms with Gasteiger partial charge in [-0.1, -0.05) is 12.1 Å². The van der Waals surface area contributed by atoms with Gasteiger partial charge in [0.15, 0.2) is 0 Å². The molecule has 6 heteroatoms. The van der Waals surface area contributed by atoms with Gasteiger partial charge in [0.1, 0.15) is 0 Å². The Morgan fingerprint density at radius 3 is 2.89 bits per heavy atom. The van der Waals surface area contributed by atoms with Gasteiger partial charge in [-0.2, -0.15) is 0 Å². The largest absolute Gasteiger partial charge is 0.356 e. The molecule has 1 atom stereocenters. The molecule has 0 aromatic carbocycles. The average Bonchev–Trinajstić information content (AvgIpc) is 2.72. The van der Waals surface area contributed by atoms with Gasteiger partial charge in [-0.3, -0.25) is 19.6 Å². The third-order valence-electron chi connectivity index (χ3n) is 4.90. The van der Waals surface area contributed by atoms with Crippen LogP contribution in [0.1, 0.15) is 30.5 Å². The van der Waals surface area contributed by atoms with Gasteiger partial charge < -0.3 is 10.2 Å². The van der Waals surface area contributed by atoms with Gasteiger partial charge in [-0.25, -0.2) is 0 Å². The summed E-state index contributed by atoms with van der Waals surface area (Å²) < 4.78 is 0. The first-order chi connectivity index (χ1) is 13.2. The van der Waals surface area contributed by atoms with Crippen LogP contribution in [0.2, 0.25) is 0 Å². The zero-order valence-corrected chi connectivity index (χ0v) is 15.5. The van der Waals surface area contributed by atoms with Crippen molar-refractivity contribution in [3.63, 3.8) is 0 Å². The molecule has 2 aromatic heterocycles. The van der Waals surface area contributed by atoms with E-state index in [2.05, 4.69) is 15.3 Å². The normalized spacial score (nSPS) is 17.0. The molecule has 1 fully saturated rings. The molecule has 1 aliphatic rings. The Morgan fingerprint density at radius 1 is 1.19 bits per heavy atom. The first-order valence-electron chi connectivity index (χ1n) is 9.56. The van der Waals surface area contributed by atoms with E-state index in [1.165, 1.54) is 5.56 Å². The molecule has 1 saturated heterocycles. The molecule has 0 spiro atoms.